The maximum absolute atomic E-state index is 12.3. The zero-order valence-corrected chi connectivity index (χ0v) is 10.6. The van der Waals surface area contributed by atoms with Crippen LogP contribution in [0.3, 0.4) is 0 Å². The van der Waals surface area contributed by atoms with Crippen LogP contribution in [0.25, 0.3) is 0 Å². The van der Waals surface area contributed by atoms with Crippen molar-refractivity contribution in [3.05, 3.63) is 35.9 Å². The molecule has 1 aromatic rings. The summed E-state index contributed by atoms with van der Waals surface area (Å²) in [6.45, 7) is 0.737. The number of benzene rings is 1. The van der Waals surface area contributed by atoms with Crippen molar-refractivity contribution in [3.8, 4) is 0 Å². The quantitative estimate of drug-likeness (QED) is 0.762. The first-order chi connectivity index (χ1) is 8.74. The van der Waals surface area contributed by atoms with Crippen LogP contribution in [0.5, 0.6) is 0 Å². The van der Waals surface area contributed by atoms with E-state index in [1.165, 1.54) is 0 Å². The van der Waals surface area contributed by atoms with Crippen molar-refractivity contribution in [2.45, 2.75) is 25.4 Å². The van der Waals surface area contributed by atoms with Gasteiger partial charge in [0.2, 0.25) is 6.41 Å². The third kappa shape index (κ3) is 2.53. The Balaban J connectivity index is 2.12. The summed E-state index contributed by atoms with van der Waals surface area (Å²) in [6, 6.07) is 9.17. The van der Waals surface area contributed by atoms with E-state index in [4.69, 9.17) is 0 Å². The number of hydrogen-bond donors (Lipinski definition) is 0. The fourth-order valence-electron chi connectivity index (χ4n) is 2.39. The predicted octanol–water partition coefficient (Wildman–Crippen LogP) is 1.73. The summed E-state index contributed by atoms with van der Waals surface area (Å²) < 4.78 is 0. The minimum absolute atomic E-state index is 0.0330. The van der Waals surface area contributed by atoms with Crippen molar-refractivity contribution in [3.63, 3.8) is 0 Å². The molecule has 0 bridgehead atoms. The van der Waals surface area contributed by atoms with Crippen LogP contribution >= 0.6 is 0 Å². The second-order valence-corrected chi connectivity index (χ2v) is 4.60. The van der Waals surface area contributed by atoms with Crippen LogP contribution in [0.4, 0.5) is 0 Å². The first-order valence-corrected chi connectivity index (χ1v) is 6.27. The Bertz CT molecular complexity index is 419. The van der Waals surface area contributed by atoms with Crippen molar-refractivity contribution in [2.75, 3.05) is 13.6 Å². The minimum Gasteiger partial charge on any atom is -0.325 e. The van der Waals surface area contributed by atoms with Gasteiger partial charge in [-0.25, -0.2) is 0 Å². The van der Waals surface area contributed by atoms with Crippen LogP contribution in [0.15, 0.2) is 30.3 Å². The van der Waals surface area contributed by atoms with E-state index in [0.29, 0.717) is 5.56 Å². The molecule has 1 saturated heterocycles. The molecule has 2 rings (SSSR count). The van der Waals surface area contributed by atoms with Crippen molar-refractivity contribution < 1.29 is 9.59 Å². The van der Waals surface area contributed by atoms with E-state index in [1.807, 2.05) is 18.2 Å². The molecule has 1 atom stereocenters. The molecular weight excluding hydrogens is 228 g/mol. The molecule has 2 amide bonds. The largest absolute Gasteiger partial charge is 0.325 e. The molecule has 0 radical (unpaired) electrons. The summed E-state index contributed by atoms with van der Waals surface area (Å²) >= 11 is 0. The number of nitrogens with zero attached hydrogens (tertiary/aromatic N) is 2. The lowest BCUT2D eigenvalue weighted by atomic mass is 10.1. The molecule has 0 aromatic heterocycles. The lowest BCUT2D eigenvalue weighted by molar-refractivity contribution is -0.124. The summed E-state index contributed by atoms with van der Waals surface area (Å²) in [7, 11) is 1.77. The number of hydrogen-bond acceptors (Lipinski definition) is 2. The Morgan fingerprint density at radius 1 is 1.33 bits per heavy atom. The molecular formula is C14H18N2O2. The van der Waals surface area contributed by atoms with Gasteiger partial charge in [-0.1, -0.05) is 18.2 Å². The van der Waals surface area contributed by atoms with Crippen molar-refractivity contribution in [1.82, 2.24) is 9.80 Å². The number of likely N-dealkylation sites (tertiary alicyclic amines) is 1. The zero-order chi connectivity index (χ0) is 13.0. The SMILES string of the molecule is CN(C(=O)c1ccccc1)C1CCCCN1C=O. The molecule has 0 aliphatic carbocycles. The molecule has 1 aromatic carbocycles. The second kappa shape index (κ2) is 5.67. The van der Waals surface area contributed by atoms with Crippen LogP contribution in [-0.4, -0.2) is 41.9 Å². The molecule has 4 nitrogen and oxygen atoms in total. The van der Waals surface area contributed by atoms with Crippen molar-refractivity contribution in [1.29, 1.82) is 0 Å². The lowest BCUT2D eigenvalue weighted by Gasteiger charge is -2.38. The van der Waals surface area contributed by atoms with Crippen LogP contribution < -0.4 is 0 Å². The summed E-state index contributed by atoms with van der Waals surface area (Å²) in [5.41, 5.74) is 0.663. The number of carbonyl (C=O) groups is 2. The first kappa shape index (κ1) is 12.6. The van der Waals surface area contributed by atoms with Crippen molar-refractivity contribution >= 4 is 12.3 Å². The molecule has 18 heavy (non-hydrogen) atoms. The van der Waals surface area contributed by atoms with Crippen LogP contribution in [-0.2, 0) is 4.79 Å². The van der Waals surface area contributed by atoms with E-state index in [-0.39, 0.29) is 12.1 Å². The third-order valence-electron chi connectivity index (χ3n) is 3.44. The lowest BCUT2D eigenvalue weighted by Crippen LogP contribution is -2.50. The van der Waals surface area contributed by atoms with Gasteiger partial charge in [0.15, 0.2) is 0 Å². The molecule has 1 fully saturated rings. The molecule has 1 aliphatic rings. The van der Waals surface area contributed by atoms with Gasteiger partial charge in [-0.2, -0.15) is 0 Å². The topological polar surface area (TPSA) is 40.6 Å². The standard InChI is InChI=1S/C14H18N2O2/c1-15(13-9-5-6-10-16(13)11-17)14(18)12-7-3-2-4-8-12/h2-4,7-8,11,13H,5-6,9-10H2,1H3. The van der Waals surface area contributed by atoms with Crippen molar-refractivity contribution in [2.24, 2.45) is 0 Å². The van der Waals surface area contributed by atoms with E-state index >= 15 is 0 Å². The van der Waals surface area contributed by atoms with Crippen LogP contribution in [0.2, 0.25) is 0 Å². The Labute approximate surface area is 107 Å². The monoisotopic (exact) mass is 246 g/mol. The normalized spacial score (nSPS) is 19.4. The van der Waals surface area contributed by atoms with Gasteiger partial charge in [-0.15, -0.1) is 0 Å². The van der Waals surface area contributed by atoms with Gasteiger partial charge in [0.05, 0.1) is 0 Å². The summed E-state index contributed by atoms with van der Waals surface area (Å²) in [5, 5.41) is 0. The highest BCUT2D eigenvalue weighted by Gasteiger charge is 2.28. The first-order valence-electron chi connectivity index (χ1n) is 6.27. The highest BCUT2D eigenvalue weighted by Crippen LogP contribution is 2.19. The van der Waals surface area contributed by atoms with E-state index in [9.17, 15) is 9.59 Å². The molecule has 4 heteroatoms. The highest BCUT2D eigenvalue weighted by molar-refractivity contribution is 5.94. The number of amides is 2. The van der Waals surface area contributed by atoms with Gasteiger partial charge in [-0.3, -0.25) is 9.59 Å². The van der Waals surface area contributed by atoms with E-state index in [0.717, 1.165) is 32.2 Å². The second-order valence-electron chi connectivity index (χ2n) is 4.60. The highest BCUT2D eigenvalue weighted by atomic mass is 16.2. The van der Waals surface area contributed by atoms with Gasteiger partial charge in [-0.05, 0) is 31.4 Å². The molecule has 1 unspecified atom stereocenters. The van der Waals surface area contributed by atoms with E-state index in [1.54, 1.807) is 29.0 Å². The predicted molar refractivity (Wildman–Crippen MR) is 68.9 cm³/mol. The average Bonchev–Trinajstić information content (AvgIpc) is 2.46. The summed E-state index contributed by atoms with van der Waals surface area (Å²) in [5.74, 6) is -0.0330. The maximum Gasteiger partial charge on any atom is 0.255 e. The zero-order valence-electron chi connectivity index (χ0n) is 10.6. The Morgan fingerprint density at radius 2 is 2.06 bits per heavy atom. The fourth-order valence-corrected chi connectivity index (χ4v) is 2.39. The van der Waals surface area contributed by atoms with Gasteiger partial charge in [0.1, 0.15) is 6.17 Å². The average molecular weight is 246 g/mol. The fraction of sp³-hybridized carbons (Fsp3) is 0.429. The third-order valence-corrected chi connectivity index (χ3v) is 3.44. The van der Waals surface area contributed by atoms with Gasteiger partial charge < -0.3 is 9.80 Å². The van der Waals surface area contributed by atoms with Crippen LogP contribution in [0, 0.1) is 0 Å². The van der Waals surface area contributed by atoms with Crippen LogP contribution in [0.1, 0.15) is 29.6 Å². The molecule has 1 heterocycles. The van der Waals surface area contributed by atoms with Gasteiger partial charge >= 0.3 is 0 Å². The maximum atomic E-state index is 12.3. The smallest absolute Gasteiger partial charge is 0.255 e. The Hall–Kier alpha value is -1.84. The Morgan fingerprint density at radius 3 is 2.72 bits per heavy atom. The molecule has 0 saturated carbocycles. The Kier molecular flexibility index (Phi) is 3.97. The van der Waals surface area contributed by atoms with Gasteiger partial charge in [0, 0.05) is 19.2 Å². The minimum atomic E-state index is -0.107. The van der Waals surface area contributed by atoms with E-state index < -0.39 is 0 Å². The molecule has 0 spiro atoms. The van der Waals surface area contributed by atoms with Gasteiger partial charge in [0.25, 0.3) is 5.91 Å². The number of rotatable bonds is 3. The number of carbonyl (C=O) groups excluding carboxylic acids is 2. The van der Waals surface area contributed by atoms with E-state index in [2.05, 4.69) is 0 Å². The summed E-state index contributed by atoms with van der Waals surface area (Å²) in [4.78, 5) is 26.7. The molecule has 0 N–H and O–H groups in total. The molecule has 96 valence electrons. The number of piperidine rings is 1. The summed E-state index contributed by atoms with van der Waals surface area (Å²) in [6.07, 6.45) is 3.67. The molecule has 1 aliphatic heterocycles.